The lowest BCUT2D eigenvalue weighted by Crippen LogP contribution is -2.66. The van der Waals surface area contributed by atoms with Crippen LogP contribution >= 0.6 is 0 Å². The minimum atomic E-state index is 0.260. The van der Waals surface area contributed by atoms with Gasteiger partial charge in [-0.05, 0) is 6.42 Å². The molecule has 0 aliphatic carbocycles. The first-order chi connectivity index (χ1) is 7.64. The van der Waals surface area contributed by atoms with Gasteiger partial charge in [-0.3, -0.25) is 0 Å². The van der Waals surface area contributed by atoms with E-state index < -0.39 is 0 Å². The maximum atomic E-state index is 9.13. The van der Waals surface area contributed by atoms with E-state index in [1.807, 2.05) is 14.1 Å². The van der Waals surface area contributed by atoms with Crippen molar-refractivity contribution in [2.75, 3.05) is 27.7 Å². The van der Waals surface area contributed by atoms with Gasteiger partial charge in [-0.2, -0.15) is 15.6 Å². The number of hydrogen-bond acceptors (Lipinski definition) is 3. The Morgan fingerprint density at radius 1 is 1.06 bits per heavy atom. The van der Waals surface area contributed by atoms with Crippen molar-refractivity contribution in [1.29, 1.82) is 0 Å². The number of nitrogens with one attached hydrogen (secondary N) is 2. The van der Waals surface area contributed by atoms with Crippen LogP contribution in [0.25, 0.3) is 0 Å². The predicted molar refractivity (Wildman–Crippen MR) is 68.6 cm³/mol. The molecule has 0 radical (unpaired) electrons. The van der Waals surface area contributed by atoms with Gasteiger partial charge in [0.2, 0.25) is 0 Å². The zero-order valence-corrected chi connectivity index (χ0v) is 11.4. The second kappa shape index (κ2) is 8.93. The van der Waals surface area contributed by atoms with Crippen LogP contribution in [-0.2, 0) is 0 Å². The van der Waals surface area contributed by atoms with Crippen molar-refractivity contribution in [3.05, 3.63) is 0 Å². The second-order valence-corrected chi connectivity index (χ2v) is 4.54. The summed E-state index contributed by atoms with van der Waals surface area (Å²) in [5, 5.41) is 9.13. The molecule has 0 rings (SSSR count). The molecule has 0 aromatic heterocycles. The highest BCUT2D eigenvalue weighted by atomic mass is 16.3. The third-order valence-corrected chi connectivity index (χ3v) is 3.51. The molecule has 0 heterocycles. The molecule has 0 saturated heterocycles. The van der Waals surface area contributed by atoms with Crippen molar-refractivity contribution in [2.24, 2.45) is 0 Å². The van der Waals surface area contributed by atoms with Crippen LogP contribution in [-0.4, -0.2) is 43.6 Å². The first-order valence-electron chi connectivity index (χ1n) is 6.49. The molecule has 0 aromatic carbocycles. The van der Waals surface area contributed by atoms with Crippen molar-refractivity contribution in [1.82, 2.24) is 10.9 Å². The number of aliphatic hydroxyl groups excluding tert-OH is 1. The van der Waals surface area contributed by atoms with Crippen LogP contribution in [0.3, 0.4) is 0 Å². The summed E-state index contributed by atoms with van der Waals surface area (Å²) in [6.07, 6.45) is 7.12. The highest BCUT2D eigenvalue weighted by Crippen LogP contribution is 2.15. The molecule has 0 bridgehead atoms. The fourth-order valence-electron chi connectivity index (χ4n) is 2.09. The van der Waals surface area contributed by atoms with E-state index in [9.17, 15) is 0 Å². The zero-order valence-electron chi connectivity index (χ0n) is 11.4. The Morgan fingerprint density at radius 2 is 1.69 bits per heavy atom. The lowest BCUT2D eigenvalue weighted by Gasteiger charge is -2.38. The normalized spacial score (nSPS) is 14.1. The van der Waals surface area contributed by atoms with E-state index in [2.05, 4.69) is 24.8 Å². The van der Waals surface area contributed by atoms with E-state index in [0.717, 1.165) is 12.8 Å². The molecule has 0 saturated carbocycles. The third-order valence-electron chi connectivity index (χ3n) is 3.51. The number of hydrogen-bond donors (Lipinski definition) is 3. The van der Waals surface area contributed by atoms with Gasteiger partial charge in [0.25, 0.3) is 0 Å². The molecule has 0 aliphatic heterocycles. The number of unbranched alkanes of at least 4 members (excludes halogenated alkanes) is 3. The van der Waals surface area contributed by atoms with Gasteiger partial charge < -0.3 is 5.11 Å². The van der Waals surface area contributed by atoms with Crippen molar-refractivity contribution < 1.29 is 9.81 Å². The van der Waals surface area contributed by atoms with Crippen molar-refractivity contribution >= 4 is 0 Å². The molecule has 0 spiro atoms. The number of rotatable bonds is 10. The first kappa shape index (κ1) is 15.8. The standard InChI is InChI=1S/C12H30N3O/c1-5-6-7-8-9-12(10-11-16)15(4,13-2)14-3/h12-14,16H,5-11H2,1-4H3/q+1. The van der Waals surface area contributed by atoms with E-state index in [4.69, 9.17) is 5.11 Å². The van der Waals surface area contributed by atoms with E-state index in [1.165, 1.54) is 25.7 Å². The fraction of sp³-hybridized carbons (Fsp3) is 1.00. The molecule has 1 atom stereocenters. The summed E-state index contributed by atoms with van der Waals surface area (Å²) in [7, 11) is 6.01. The Bertz CT molecular complexity index is 160. The van der Waals surface area contributed by atoms with Gasteiger partial charge in [0.1, 0.15) is 13.1 Å². The van der Waals surface area contributed by atoms with Crippen LogP contribution in [0.4, 0.5) is 0 Å². The quantitative estimate of drug-likeness (QED) is 0.303. The van der Waals surface area contributed by atoms with Crippen molar-refractivity contribution in [3.8, 4) is 0 Å². The summed E-state index contributed by atoms with van der Waals surface area (Å²) in [5.41, 5.74) is 6.54. The van der Waals surface area contributed by atoms with Crippen LogP contribution in [0.15, 0.2) is 0 Å². The lowest BCUT2D eigenvalue weighted by atomic mass is 10.0. The average Bonchev–Trinajstić information content (AvgIpc) is 2.32. The number of quaternary nitrogens is 1. The first-order valence-corrected chi connectivity index (χ1v) is 6.49. The van der Waals surface area contributed by atoms with Gasteiger partial charge in [-0.15, -0.1) is 0 Å². The van der Waals surface area contributed by atoms with Crippen LogP contribution in [0, 0.1) is 0 Å². The molecule has 4 nitrogen and oxygen atoms in total. The summed E-state index contributed by atoms with van der Waals surface area (Å²) >= 11 is 0. The van der Waals surface area contributed by atoms with E-state index in [1.54, 1.807) is 0 Å². The van der Waals surface area contributed by atoms with Gasteiger partial charge in [0, 0.05) is 33.5 Å². The van der Waals surface area contributed by atoms with E-state index in [0.29, 0.717) is 10.7 Å². The molecule has 16 heavy (non-hydrogen) atoms. The van der Waals surface area contributed by atoms with Gasteiger partial charge in [-0.1, -0.05) is 26.2 Å². The summed E-state index contributed by atoms with van der Waals surface area (Å²) in [5.74, 6) is 0. The van der Waals surface area contributed by atoms with Crippen molar-refractivity contribution in [3.63, 3.8) is 0 Å². The average molecular weight is 232 g/mol. The Kier molecular flexibility index (Phi) is 8.84. The molecular weight excluding hydrogens is 202 g/mol. The second-order valence-electron chi connectivity index (χ2n) is 4.54. The molecule has 98 valence electrons. The largest absolute Gasteiger partial charge is 0.396 e. The summed E-state index contributed by atoms with van der Waals surface area (Å²) in [6, 6.07) is 0.428. The highest BCUT2D eigenvalue weighted by Gasteiger charge is 2.29. The van der Waals surface area contributed by atoms with Gasteiger partial charge >= 0.3 is 0 Å². The molecule has 0 fully saturated rings. The summed E-state index contributed by atoms with van der Waals surface area (Å²) in [4.78, 5) is 0. The minimum Gasteiger partial charge on any atom is -0.396 e. The molecule has 0 aromatic rings. The topological polar surface area (TPSA) is 44.3 Å². The molecule has 0 aliphatic rings. The smallest absolute Gasteiger partial charge is 0.127 e. The maximum absolute atomic E-state index is 9.13. The fourth-order valence-corrected chi connectivity index (χ4v) is 2.09. The third kappa shape index (κ3) is 5.25. The Morgan fingerprint density at radius 3 is 2.12 bits per heavy atom. The Hall–Kier alpha value is -0.160. The maximum Gasteiger partial charge on any atom is 0.127 e. The molecule has 0 amide bonds. The lowest BCUT2D eigenvalue weighted by molar-refractivity contribution is -1.01. The molecule has 3 N–H and O–H groups in total. The molecule has 1 unspecified atom stereocenters. The van der Waals surface area contributed by atoms with Crippen molar-refractivity contribution in [2.45, 2.75) is 51.5 Å². The predicted octanol–water partition coefficient (Wildman–Crippen LogP) is 1.42. The molecular formula is C12H30N3O+. The van der Waals surface area contributed by atoms with Crippen LogP contribution in [0.2, 0.25) is 0 Å². The van der Waals surface area contributed by atoms with Gasteiger partial charge in [0.05, 0.1) is 0 Å². The Balaban J connectivity index is 4.13. The van der Waals surface area contributed by atoms with Gasteiger partial charge in [-0.25, -0.2) is 0 Å². The zero-order chi connectivity index (χ0) is 12.4. The number of aliphatic hydroxyl groups is 1. The Labute approximate surface area is 101 Å². The SMILES string of the molecule is CCCCCCC(CCO)[N+](C)(NC)NC. The van der Waals surface area contributed by atoms with Crippen LogP contribution in [0.1, 0.15) is 45.4 Å². The molecule has 4 heteroatoms. The van der Waals surface area contributed by atoms with E-state index >= 15 is 0 Å². The monoisotopic (exact) mass is 232 g/mol. The van der Waals surface area contributed by atoms with Gasteiger partial charge in [0.15, 0.2) is 0 Å². The van der Waals surface area contributed by atoms with Crippen LogP contribution in [0.5, 0.6) is 0 Å². The van der Waals surface area contributed by atoms with Crippen LogP contribution < -0.4 is 10.9 Å². The minimum absolute atomic E-state index is 0.260. The summed E-state index contributed by atoms with van der Waals surface area (Å²) < 4.78 is 0.618. The highest BCUT2D eigenvalue weighted by molar-refractivity contribution is 4.58. The van der Waals surface area contributed by atoms with E-state index in [-0.39, 0.29) is 6.61 Å². The summed E-state index contributed by atoms with van der Waals surface area (Å²) in [6.45, 7) is 2.49. The number of nitrogens with zero attached hydrogens (tertiary/aromatic N) is 1.